The summed E-state index contributed by atoms with van der Waals surface area (Å²) in [4.78, 5) is 31.2. The number of para-hydroxylation sites is 1. The Morgan fingerprint density at radius 1 is 0.909 bits per heavy atom. The smallest absolute Gasteiger partial charge is 0.269 e. The minimum Gasteiger partial charge on any atom is -0.496 e. The Hall–Kier alpha value is -4.45. The second-order valence-corrected chi connectivity index (χ2v) is 7.62. The van der Waals surface area contributed by atoms with Crippen LogP contribution in [0.15, 0.2) is 96.0 Å². The van der Waals surface area contributed by atoms with Gasteiger partial charge >= 0.3 is 0 Å². The predicted molar refractivity (Wildman–Crippen MR) is 129 cm³/mol. The average Bonchev–Trinajstić information content (AvgIpc) is 3.00. The number of hydrogen-bond acceptors (Lipinski definition) is 4. The first-order chi connectivity index (χ1) is 16.2. The molecule has 1 aliphatic heterocycles. The Bertz CT molecular complexity index is 1400. The zero-order valence-corrected chi connectivity index (χ0v) is 17.9. The molecule has 2 amide bonds. The van der Waals surface area contributed by atoms with Crippen molar-refractivity contribution in [1.82, 2.24) is 5.32 Å². The number of nitrogens with zero attached hydrogens (tertiary/aromatic N) is 1. The summed E-state index contributed by atoms with van der Waals surface area (Å²) in [6, 6.07) is 28.3. The van der Waals surface area contributed by atoms with Crippen LogP contribution in [0.2, 0.25) is 0 Å². The highest BCUT2D eigenvalue weighted by molar-refractivity contribution is 6.20. The molecule has 0 fully saturated rings. The molecule has 162 valence electrons. The van der Waals surface area contributed by atoms with Crippen molar-refractivity contribution in [2.24, 2.45) is 4.99 Å². The highest BCUT2D eigenvalue weighted by Gasteiger charge is 2.28. The van der Waals surface area contributed by atoms with Gasteiger partial charge in [-0.25, -0.2) is 4.99 Å². The van der Waals surface area contributed by atoms with Gasteiger partial charge in [0.1, 0.15) is 5.75 Å². The summed E-state index contributed by atoms with van der Waals surface area (Å²) in [7, 11) is 1.52. The molecule has 4 aromatic carbocycles. The Morgan fingerprint density at radius 3 is 2.45 bits per heavy atom. The molecule has 2 N–H and O–H groups in total. The zero-order chi connectivity index (χ0) is 22.8. The van der Waals surface area contributed by atoms with Crippen molar-refractivity contribution >= 4 is 34.0 Å². The summed E-state index contributed by atoms with van der Waals surface area (Å²) in [5.74, 6) is -0.428. The second kappa shape index (κ2) is 8.59. The van der Waals surface area contributed by atoms with Gasteiger partial charge in [-0.05, 0) is 22.9 Å². The van der Waals surface area contributed by atoms with E-state index in [-0.39, 0.29) is 0 Å². The van der Waals surface area contributed by atoms with Crippen molar-refractivity contribution in [2.45, 2.75) is 6.17 Å². The highest BCUT2D eigenvalue weighted by atomic mass is 16.5. The summed E-state index contributed by atoms with van der Waals surface area (Å²) < 4.78 is 5.46. The lowest BCUT2D eigenvalue weighted by Gasteiger charge is -2.16. The van der Waals surface area contributed by atoms with E-state index in [0.29, 0.717) is 22.7 Å². The van der Waals surface area contributed by atoms with Gasteiger partial charge in [-0.2, -0.15) is 0 Å². The fourth-order valence-corrected chi connectivity index (χ4v) is 4.03. The van der Waals surface area contributed by atoms with Crippen LogP contribution in [0.1, 0.15) is 21.5 Å². The maximum absolute atomic E-state index is 13.4. The minimum absolute atomic E-state index is 0.363. The van der Waals surface area contributed by atoms with E-state index >= 15 is 0 Å². The maximum atomic E-state index is 13.4. The Kier molecular flexibility index (Phi) is 5.32. The molecule has 6 heteroatoms. The monoisotopic (exact) mass is 435 g/mol. The Morgan fingerprint density at radius 2 is 1.64 bits per heavy atom. The standard InChI is InChI=1S/C27H21N3O3/c1-33-22-16-15-17-9-5-6-12-19(17)23(22)26(31)30-25-27(32)28-21-14-8-7-13-20(21)24(29-25)18-10-3-2-4-11-18/h2-16,25H,1H3,(H,28,32)(H,30,31). The van der Waals surface area contributed by atoms with E-state index in [1.54, 1.807) is 6.07 Å². The van der Waals surface area contributed by atoms with Crippen LogP contribution in [0, 0.1) is 0 Å². The SMILES string of the molecule is COc1ccc2ccccc2c1C(=O)NC1N=C(c2ccccc2)c2ccccc2NC1=O. The van der Waals surface area contributed by atoms with E-state index in [0.717, 1.165) is 21.9 Å². The molecule has 5 rings (SSSR count). The van der Waals surface area contributed by atoms with Crippen LogP contribution in [0.25, 0.3) is 10.8 Å². The van der Waals surface area contributed by atoms with E-state index in [4.69, 9.17) is 9.73 Å². The second-order valence-electron chi connectivity index (χ2n) is 7.62. The van der Waals surface area contributed by atoms with Crippen LogP contribution in [0.4, 0.5) is 5.69 Å². The third-order valence-corrected chi connectivity index (χ3v) is 5.60. The fraction of sp³-hybridized carbons (Fsp3) is 0.0741. The first-order valence-corrected chi connectivity index (χ1v) is 10.6. The molecule has 33 heavy (non-hydrogen) atoms. The van der Waals surface area contributed by atoms with E-state index < -0.39 is 18.0 Å². The van der Waals surface area contributed by atoms with Gasteiger partial charge in [-0.3, -0.25) is 9.59 Å². The zero-order valence-electron chi connectivity index (χ0n) is 17.9. The minimum atomic E-state index is -1.12. The van der Waals surface area contributed by atoms with Crippen molar-refractivity contribution in [3.63, 3.8) is 0 Å². The first-order valence-electron chi connectivity index (χ1n) is 10.6. The van der Waals surface area contributed by atoms with Gasteiger partial charge in [0.2, 0.25) is 6.17 Å². The quantitative estimate of drug-likeness (QED) is 0.499. The number of fused-ring (bicyclic) bond motifs is 2. The highest BCUT2D eigenvalue weighted by Crippen LogP contribution is 2.29. The number of anilines is 1. The van der Waals surface area contributed by atoms with E-state index in [2.05, 4.69) is 10.6 Å². The molecule has 0 radical (unpaired) electrons. The largest absolute Gasteiger partial charge is 0.496 e. The van der Waals surface area contributed by atoms with Crippen molar-refractivity contribution in [3.05, 3.63) is 108 Å². The molecule has 1 atom stereocenters. The lowest BCUT2D eigenvalue weighted by atomic mass is 10.0. The number of aliphatic imine (C=N–C) groups is 1. The number of methoxy groups -OCH3 is 1. The van der Waals surface area contributed by atoms with Gasteiger partial charge < -0.3 is 15.4 Å². The predicted octanol–water partition coefficient (Wildman–Crippen LogP) is 4.39. The topological polar surface area (TPSA) is 79.8 Å². The number of carbonyl (C=O) groups is 2. The van der Waals surface area contributed by atoms with Gasteiger partial charge in [0.25, 0.3) is 11.8 Å². The van der Waals surface area contributed by atoms with Gasteiger partial charge in [-0.1, -0.05) is 78.9 Å². The number of amides is 2. The number of rotatable bonds is 4. The van der Waals surface area contributed by atoms with Crippen molar-refractivity contribution < 1.29 is 14.3 Å². The van der Waals surface area contributed by atoms with Crippen LogP contribution in [-0.2, 0) is 4.79 Å². The van der Waals surface area contributed by atoms with Crippen molar-refractivity contribution in [3.8, 4) is 5.75 Å². The number of benzodiazepines with no additional fused rings is 1. The van der Waals surface area contributed by atoms with Gasteiger partial charge in [0.05, 0.1) is 24.1 Å². The molecular weight excluding hydrogens is 414 g/mol. The number of carbonyl (C=O) groups excluding carboxylic acids is 2. The molecule has 0 spiro atoms. The van der Waals surface area contributed by atoms with Crippen LogP contribution in [0.3, 0.4) is 0 Å². The number of nitrogens with one attached hydrogen (secondary N) is 2. The third kappa shape index (κ3) is 3.83. The third-order valence-electron chi connectivity index (χ3n) is 5.60. The Balaban J connectivity index is 1.58. The van der Waals surface area contributed by atoms with Crippen LogP contribution < -0.4 is 15.4 Å². The van der Waals surface area contributed by atoms with Gasteiger partial charge in [-0.15, -0.1) is 0 Å². The van der Waals surface area contributed by atoms with E-state index in [9.17, 15) is 9.59 Å². The lowest BCUT2D eigenvalue weighted by Crippen LogP contribution is -2.42. The summed E-state index contributed by atoms with van der Waals surface area (Å²) in [6.45, 7) is 0. The summed E-state index contributed by atoms with van der Waals surface area (Å²) in [5.41, 5.74) is 3.27. The van der Waals surface area contributed by atoms with Crippen molar-refractivity contribution in [2.75, 3.05) is 12.4 Å². The van der Waals surface area contributed by atoms with Crippen LogP contribution >= 0.6 is 0 Å². The molecule has 0 aliphatic carbocycles. The van der Waals surface area contributed by atoms with Crippen molar-refractivity contribution in [1.29, 1.82) is 0 Å². The molecule has 0 saturated carbocycles. The average molecular weight is 435 g/mol. The van der Waals surface area contributed by atoms with E-state index in [1.165, 1.54) is 7.11 Å². The molecule has 1 heterocycles. The molecule has 0 saturated heterocycles. The van der Waals surface area contributed by atoms with E-state index in [1.807, 2.05) is 84.9 Å². The number of benzene rings is 4. The molecule has 6 nitrogen and oxygen atoms in total. The molecule has 1 aliphatic rings. The van der Waals surface area contributed by atoms with Gasteiger partial charge in [0, 0.05) is 11.1 Å². The maximum Gasteiger partial charge on any atom is 0.269 e. The normalized spacial score (nSPS) is 15.1. The van der Waals surface area contributed by atoms with Crippen LogP contribution in [0.5, 0.6) is 5.75 Å². The molecule has 1 unspecified atom stereocenters. The molecule has 0 aromatic heterocycles. The number of ether oxygens (including phenoxy) is 1. The first kappa shape index (κ1) is 20.5. The Labute approximate surface area is 190 Å². The molecule has 0 bridgehead atoms. The summed E-state index contributed by atoms with van der Waals surface area (Å²) in [6.07, 6.45) is -1.12. The molecule has 4 aromatic rings. The summed E-state index contributed by atoms with van der Waals surface area (Å²) >= 11 is 0. The summed E-state index contributed by atoms with van der Waals surface area (Å²) in [5, 5.41) is 7.34. The van der Waals surface area contributed by atoms with Gasteiger partial charge in [0.15, 0.2) is 0 Å². The number of hydrogen-bond donors (Lipinski definition) is 2. The van der Waals surface area contributed by atoms with Crippen LogP contribution in [-0.4, -0.2) is 30.8 Å². The lowest BCUT2D eigenvalue weighted by molar-refractivity contribution is -0.117. The fourth-order valence-electron chi connectivity index (χ4n) is 4.03. The molecular formula is C27H21N3O3.